The number of carbonyl (C=O) groups excluding carboxylic acids is 1. The Labute approximate surface area is 146 Å². The lowest BCUT2D eigenvalue weighted by Crippen LogP contribution is -2.23. The highest BCUT2D eigenvalue weighted by molar-refractivity contribution is 6.06. The van der Waals surface area contributed by atoms with E-state index in [1.165, 1.54) is 11.1 Å². The molecule has 4 nitrogen and oxygen atoms in total. The summed E-state index contributed by atoms with van der Waals surface area (Å²) in [4.78, 5) is 25.5. The van der Waals surface area contributed by atoms with E-state index >= 15 is 0 Å². The number of aromatic nitrogens is 1. The Morgan fingerprint density at radius 1 is 1.20 bits per heavy atom. The van der Waals surface area contributed by atoms with Crippen LogP contribution in [0.25, 0.3) is 10.9 Å². The van der Waals surface area contributed by atoms with Crippen LogP contribution in [0.5, 0.6) is 0 Å². The number of nitrogens with one attached hydrogen (secondary N) is 1. The molecule has 0 bridgehead atoms. The van der Waals surface area contributed by atoms with Gasteiger partial charge < -0.3 is 9.88 Å². The Morgan fingerprint density at radius 2 is 1.96 bits per heavy atom. The highest BCUT2D eigenvalue weighted by Crippen LogP contribution is 2.30. The smallest absolute Gasteiger partial charge is 0.261 e. The van der Waals surface area contributed by atoms with E-state index in [0.29, 0.717) is 11.1 Å². The molecule has 0 saturated heterocycles. The van der Waals surface area contributed by atoms with Crippen molar-refractivity contribution in [1.82, 2.24) is 4.57 Å². The summed E-state index contributed by atoms with van der Waals surface area (Å²) in [6.07, 6.45) is 3.55. The summed E-state index contributed by atoms with van der Waals surface area (Å²) in [5, 5.41) is 3.47. The first-order chi connectivity index (χ1) is 12.1. The molecule has 126 valence electrons. The Kier molecular flexibility index (Phi) is 3.68. The summed E-state index contributed by atoms with van der Waals surface area (Å²) in [7, 11) is 0. The lowest BCUT2D eigenvalue weighted by molar-refractivity contribution is 0.102. The van der Waals surface area contributed by atoms with Crippen molar-refractivity contribution < 1.29 is 4.79 Å². The summed E-state index contributed by atoms with van der Waals surface area (Å²) in [5.41, 5.74) is 4.03. The quantitative estimate of drug-likeness (QED) is 0.790. The van der Waals surface area contributed by atoms with Gasteiger partial charge in [0.2, 0.25) is 5.43 Å². The number of hydrogen-bond donors (Lipinski definition) is 1. The summed E-state index contributed by atoms with van der Waals surface area (Å²) in [6, 6.07) is 13.7. The fourth-order valence-electron chi connectivity index (χ4n) is 3.60. The first-order valence-corrected chi connectivity index (χ1v) is 8.65. The highest BCUT2D eigenvalue weighted by Gasteiger charge is 2.24. The van der Waals surface area contributed by atoms with Gasteiger partial charge in [-0.1, -0.05) is 31.2 Å². The van der Waals surface area contributed by atoms with Crippen LogP contribution in [0.3, 0.4) is 0 Å². The van der Waals surface area contributed by atoms with Crippen molar-refractivity contribution >= 4 is 22.5 Å². The number of amides is 1. The molecule has 1 amide bonds. The van der Waals surface area contributed by atoms with Gasteiger partial charge in [0, 0.05) is 23.3 Å². The molecule has 0 unspecified atom stereocenters. The second-order valence-corrected chi connectivity index (χ2v) is 6.65. The zero-order valence-corrected chi connectivity index (χ0v) is 14.4. The molecule has 0 aliphatic carbocycles. The molecule has 1 atom stereocenters. The fourth-order valence-corrected chi connectivity index (χ4v) is 3.60. The predicted octanol–water partition coefficient (Wildman–Crippen LogP) is 3.93. The molecule has 1 aliphatic heterocycles. The highest BCUT2D eigenvalue weighted by atomic mass is 16.2. The minimum absolute atomic E-state index is 0.193. The van der Waals surface area contributed by atoms with Crippen molar-refractivity contribution in [3.63, 3.8) is 0 Å². The van der Waals surface area contributed by atoms with Crippen LogP contribution in [-0.4, -0.2) is 10.5 Å². The van der Waals surface area contributed by atoms with E-state index in [-0.39, 0.29) is 22.9 Å². The van der Waals surface area contributed by atoms with Crippen LogP contribution in [-0.2, 0) is 12.8 Å². The van der Waals surface area contributed by atoms with E-state index in [1.54, 1.807) is 6.20 Å². The number of carbonyl (C=O) groups is 1. The van der Waals surface area contributed by atoms with Crippen molar-refractivity contribution in [3.05, 3.63) is 75.6 Å². The van der Waals surface area contributed by atoms with E-state index in [1.807, 2.05) is 36.4 Å². The first-order valence-electron chi connectivity index (χ1n) is 8.65. The molecule has 25 heavy (non-hydrogen) atoms. The zero-order chi connectivity index (χ0) is 17.6. The van der Waals surface area contributed by atoms with Crippen LogP contribution in [0.15, 0.2) is 53.5 Å². The molecule has 0 fully saturated rings. The van der Waals surface area contributed by atoms with Crippen LogP contribution in [0.1, 0.15) is 41.4 Å². The number of hydrogen-bond acceptors (Lipinski definition) is 2. The van der Waals surface area contributed by atoms with Crippen molar-refractivity contribution in [2.45, 2.75) is 32.7 Å². The summed E-state index contributed by atoms with van der Waals surface area (Å²) >= 11 is 0. The molecule has 0 saturated carbocycles. The van der Waals surface area contributed by atoms with Crippen LogP contribution >= 0.6 is 0 Å². The number of benzene rings is 2. The molecule has 4 rings (SSSR count). The summed E-state index contributed by atoms with van der Waals surface area (Å²) in [6.45, 7) is 4.19. The second kappa shape index (κ2) is 5.88. The van der Waals surface area contributed by atoms with E-state index in [4.69, 9.17) is 0 Å². The average Bonchev–Trinajstić information content (AvgIpc) is 2.95. The monoisotopic (exact) mass is 332 g/mol. The van der Waals surface area contributed by atoms with Gasteiger partial charge in [0.15, 0.2) is 0 Å². The van der Waals surface area contributed by atoms with Gasteiger partial charge in [-0.3, -0.25) is 9.59 Å². The standard InChI is InChI=1S/C21H20N2O2/c1-3-14-7-9-16(10-8-14)22-21(25)18-12-23-13(2)11-15-5-4-6-17(19(15)23)20(18)24/h4-10,12-13H,3,11H2,1-2H3,(H,22,25)/t13-/m0/s1. The number of para-hydroxylation sites is 1. The number of pyridine rings is 1. The molecule has 2 heterocycles. The zero-order valence-electron chi connectivity index (χ0n) is 14.4. The van der Waals surface area contributed by atoms with E-state index in [9.17, 15) is 9.59 Å². The van der Waals surface area contributed by atoms with E-state index in [0.717, 1.165) is 18.4 Å². The largest absolute Gasteiger partial charge is 0.343 e. The third kappa shape index (κ3) is 2.54. The summed E-state index contributed by atoms with van der Waals surface area (Å²) < 4.78 is 2.06. The molecule has 0 radical (unpaired) electrons. The average molecular weight is 332 g/mol. The molecular weight excluding hydrogens is 312 g/mol. The molecule has 2 aromatic carbocycles. The second-order valence-electron chi connectivity index (χ2n) is 6.65. The van der Waals surface area contributed by atoms with Crippen LogP contribution in [0.2, 0.25) is 0 Å². The predicted molar refractivity (Wildman–Crippen MR) is 100 cm³/mol. The van der Waals surface area contributed by atoms with E-state index < -0.39 is 0 Å². The van der Waals surface area contributed by atoms with Crippen molar-refractivity contribution in [2.75, 3.05) is 5.32 Å². The number of rotatable bonds is 3. The van der Waals surface area contributed by atoms with Gasteiger partial charge in [0.25, 0.3) is 5.91 Å². The first kappa shape index (κ1) is 15.6. The van der Waals surface area contributed by atoms with Crippen molar-refractivity contribution in [1.29, 1.82) is 0 Å². The van der Waals surface area contributed by atoms with E-state index in [2.05, 4.69) is 29.8 Å². The SMILES string of the molecule is CCc1ccc(NC(=O)c2cn3c4c(cccc4c2=O)C[C@@H]3C)cc1. The number of nitrogens with zero attached hydrogens (tertiary/aromatic N) is 1. The normalized spacial score (nSPS) is 15.5. The van der Waals surface area contributed by atoms with Crippen molar-refractivity contribution in [2.24, 2.45) is 0 Å². The third-order valence-electron chi connectivity index (χ3n) is 4.99. The Hall–Kier alpha value is -2.88. The Bertz CT molecular complexity index is 1030. The van der Waals surface area contributed by atoms with Gasteiger partial charge in [0.05, 0.1) is 5.52 Å². The molecule has 1 aliphatic rings. The fraction of sp³-hybridized carbons (Fsp3) is 0.238. The molecule has 1 N–H and O–H groups in total. The minimum Gasteiger partial charge on any atom is -0.343 e. The Balaban J connectivity index is 1.76. The van der Waals surface area contributed by atoms with Gasteiger partial charge in [-0.25, -0.2) is 0 Å². The maximum Gasteiger partial charge on any atom is 0.261 e. The van der Waals surface area contributed by atoms with Gasteiger partial charge in [0.1, 0.15) is 5.56 Å². The molecular formula is C21H20N2O2. The molecule has 0 spiro atoms. The van der Waals surface area contributed by atoms with Crippen LogP contribution < -0.4 is 10.7 Å². The van der Waals surface area contributed by atoms with Crippen molar-refractivity contribution in [3.8, 4) is 0 Å². The lowest BCUT2D eigenvalue weighted by Gasteiger charge is -2.13. The van der Waals surface area contributed by atoms with Crippen LogP contribution in [0, 0.1) is 0 Å². The maximum absolute atomic E-state index is 12.8. The van der Waals surface area contributed by atoms with Gasteiger partial charge in [-0.2, -0.15) is 0 Å². The lowest BCUT2D eigenvalue weighted by atomic mass is 10.1. The van der Waals surface area contributed by atoms with Gasteiger partial charge in [-0.05, 0) is 49.1 Å². The maximum atomic E-state index is 12.8. The number of anilines is 1. The third-order valence-corrected chi connectivity index (χ3v) is 4.99. The molecule has 1 aromatic heterocycles. The van der Waals surface area contributed by atoms with Crippen LogP contribution in [0.4, 0.5) is 5.69 Å². The number of aryl methyl sites for hydroxylation is 1. The molecule has 3 aromatic rings. The Morgan fingerprint density at radius 3 is 2.68 bits per heavy atom. The minimum atomic E-state index is -0.357. The van der Waals surface area contributed by atoms with Gasteiger partial charge in [-0.15, -0.1) is 0 Å². The summed E-state index contributed by atoms with van der Waals surface area (Å²) in [5.74, 6) is -0.357. The van der Waals surface area contributed by atoms with Gasteiger partial charge >= 0.3 is 0 Å². The topological polar surface area (TPSA) is 51.1 Å². The molecule has 4 heteroatoms.